The van der Waals surface area contributed by atoms with E-state index < -0.39 is 0 Å². The van der Waals surface area contributed by atoms with Gasteiger partial charge in [-0.05, 0) is 18.6 Å². The summed E-state index contributed by atoms with van der Waals surface area (Å²) in [4.78, 5) is 22.6. The molecule has 0 saturated carbocycles. The fraction of sp³-hybridized carbons (Fsp3) is 0.600. The molecular formula is C20H34IN5O2. The summed E-state index contributed by atoms with van der Waals surface area (Å²) in [6.07, 6.45) is 1.03. The molecule has 1 aliphatic heterocycles. The standard InChI is InChI=1S/C20H33N5O2.HI/c1-4-10-21-20(22-17-19(26)23(2)3)25-13-11-24(12-14-25)15-16-27-18-8-6-5-7-9-18;/h5-9H,4,10-17H2,1-3H3,(H,21,22);1H. The Labute approximate surface area is 186 Å². The average molecular weight is 503 g/mol. The number of carbonyl (C=O) groups excluding carboxylic acids is 1. The van der Waals surface area contributed by atoms with Crippen molar-refractivity contribution in [2.45, 2.75) is 13.3 Å². The van der Waals surface area contributed by atoms with E-state index in [1.165, 1.54) is 0 Å². The van der Waals surface area contributed by atoms with Gasteiger partial charge in [0, 0.05) is 53.4 Å². The smallest absolute Gasteiger partial charge is 0.243 e. The summed E-state index contributed by atoms with van der Waals surface area (Å²) in [6.45, 7) is 8.50. The van der Waals surface area contributed by atoms with Crippen LogP contribution in [0.2, 0.25) is 0 Å². The van der Waals surface area contributed by atoms with Crippen molar-refractivity contribution in [3.63, 3.8) is 0 Å². The van der Waals surface area contributed by atoms with E-state index in [-0.39, 0.29) is 36.4 Å². The topological polar surface area (TPSA) is 60.4 Å². The number of guanidine groups is 1. The van der Waals surface area contributed by atoms with Crippen LogP contribution in [0.5, 0.6) is 5.75 Å². The monoisotopic (exact) mass is 503 g/mol. The van der Waals surface area contributed by atoms with Gasteiger partial charge in [0.1, 0.15) is 18.9 Å². The molecule has 0 aromatic heterocycles. The van der Waals surface area contributed by atoms with Crippen LogP contribution in [0.25, 0.3) is 0 Å². The first-order valence-corrected chi connectivity index (χ1v) is 9.73. The summed E-state index contributed by atoms with van der Waals surface area (Å²) in [5.74, 6) is 1.77. The molecule has 1 fully saturated rings. The molecule has 0 unspecified atom stereocenters. The van der Waals surface area contributed by atoms with Gasteiger partial charge < -0.3 is 19.9 Å². The third kappa shape index (κ3) is 8.64. The molecule has 7 nitrogen and oxygen atoms in total. The van der Waals surface area contributed by atoms with E-state index in [1.54, 1.807) is 19.0 Å². The first-order chi connectivity index (χ1) is 13.1. The predicted molar refractivity (Wildman–Crippen MR) is 125 cm³/mol. The van der Waals surface area contributed by atoms with Gasteiger partial charge in [-0.2, -0.15) is 0 Å². The molecule has 158 valence electrons. The summed E-state index contributed by atoms with van der Waals surface area (Å²) < 4.78 is 5.79. The highest BCUT2D eigenvalue weighted by Crippen LogP contribution is 2.09. The number of piperazine rings is 1. The van der Waals surface area contributed by atoms with Gasteiger partial charge in [-0.15, -0.1) is 24.0 Å². The zero-order valence-electron chi connectivity index (χ0n) is 17.3. The molecule has 0 bridgehead atoms. The normalized spacial score (nSPS) is 15.0. The van der Waals surface area contributed by atoms with Crippen molar-refractivity contribution < 1.29 is 9.53 Å². The number of hydrogen-bond acceptors (Lipinski definition) is 4. The fourth-order valence-corrected chi connectivity index (χ4v) is 2.78. The number of hydrogen-bond donors (Lipinski definition) is 1. The third-order valence-electron chi connectivity index (χ3n) is 4.49. The molecule has 2 rings (SSSR count). The van der Waals surface area contributed by atoms with Gasteiger partial charge in [0.05, 0.1) is 0 Å². The quantitative estimate of drug-likeness (QED) is 0.333. The van der Waals surface area contributed by atoms with Crippen molar-refractivity contribution in [2.75, 3.05) is 66.5 Å². The largest absolute Gasteiger partial charge is 0.492 e. The Morgan fingerprint density at radius 1 is 1.18 bits per heavy atom. The van der Waals surface area contributed by atoms with Crippen LogP contribution in [0.15, 0.2) is 35.3 Å². The number of ether oxygens (including phenoxy) is 1. The van der Waals surface area contributed by atoms with Crippen LogP contribution in [-0.2, 0) is 4.79 Å². The van der Waals surface area contributed by atoms with E-state index in [2.05, 4.69) is 27.0 Å². The number of likely N-dealkylation sites (N-methyl/N-ethyl adjacent to an activating group) is 1. The van der Waals surface area contributed by atoms with Crippen LogP contribution in [0, 0.1) is 0 Å². The van der Waals surface area contributed by atoms with Gasteiger partial charge in [-0.25, -0.2) is 4.99 Å². The van der Waals surface area contributed by atoms with Gasteiger partial charge in [0.15, 0.2) is 5.96 Å². The molecule has 0 radical (unpaired) electrons. The zero-order valence-corrected chi connectivity index (χ0v) is 19.6. The van der Waals surface area contributed by atoms with E-state index in [1.807, 2.05) is 30.3 Å². The Kier molecular flexibility index (Phi) is 11.9. The molecule has 28 heavy (non-hydrogen) atoms. The number of rotatable bonds is 8. The molecule has 1 heterocycles. The minimum Gasteiger partial charge on any atom is -0.492 e. The van der Waals surface area contributed by atoms with Crippen molar-refractivity contribution in [3.05, 3.63) is 30.3 Å². The summed E-state index contributed by atoms with van der Waals surface area (Å²) >= 11 is 0. The minimum atomic E-state index is 0. The summed E-state index contributed by atoms with van der Waals surface area (Å²) in [6, 6.07) is 9.92. The third-order valence-corrected chi connectivity index (χ3v) is 4.49. The number of benzene rings is 1. The molecule has 1 saturated heterocycles. The first kappa shape index (κ1) is 24.5. The second-order valence-electron chi connectivity index (χ2n) is 6.84. The molecule has 0 spiro atoms. The highest BCUT2D eigenvalue weighted by Gasteiger charge is 2.20. The Morgan fingerprint density at radius 2 is 1.86 bits per heavy atom. The number of amides is 1. The molecule has 1 aromatic rings. The Balaban J connectivity index is 0.00000392. The van der Waals surface area contributed by atoms with Gasteiger partial charge in [-0.3, -0.25) is 9.69 Å². The highest BCUT2D eigenvalue weighted by molar-refractivity contribution is 14.0. The van der Waals surface area contributed by atoms with Crippen LogP contribution in [0.4, 0.5) is 0 Å². The summed E-state index contributed by atoms with van der Waals surface area (Å²) in [5, 5.41) is 3.37. The number of carbonyl (C=O) groups is 1. The van der Waals surface area contributed by atoms with Crippen molar-refractivity contribution in [3.8, 4) is 5.75 Å². The number of aliphatic imine (C=N–C) groups is 1. The van der Waals surface area contributed by atoms with Crippen LogP contribution in [-0.4, -0.2) is 93.1 Å². The summed E-state index contributed by atoms with van der Waals surface area (Å²) in [5.41, 5.74) is 0. The first-order valence-electron chi connectivity index (χ1n) is 9.73. The number of halogens is 1. The molecule has 1 aliphatic rings. The van der Waals surface area contributed by atoms with E-state index in [9.17, 15) is 4.79 Å². The van der Waals surface area contributed by atoms with Gasteiger partial charge in [0.2, 0.25) is 5.91 Å². The molecule has 8 heteroatoms. The van der Waals surface area contributed by atoms with Crippen molar-refractivity contribution >= 4 is 35.8 Å². The molecule has 1 amide bonds. The van der Waals surface area contributed by atoms with E-state index in [0.29, 0.717) is 6.61 Å². The zero-order chi connectivity index (χ0) is 19.5. The minimum absolute atomic E-state index is 0. The van der Waals surface area contributed by atoms with E-state index in [0.717, 1.165) is 57.4 Å². The van der Waals surface area contributed by atoms with E-state index >= 15 is 0 Å². The average Bonchev–Trinajstić information content (AvgIpc) is 2.69. The Morgan fingerprint density at radius 3 is 2.46 bits per heavy atom. The maximum Gasteiger partial charge on any atom is 0.243 e. The number of para-hydroxylation sites is 1. The maximum atomic E-state index is 11.8. The lowest BCUT2D eigenvalue weighted by atomic mass is 10.3. The second-order valence-corrected chi connectivity index (χ2v) is 6.84. The molecule has 0 atom stereocenters. The molecule has 1 N–H and O–H groups in total. The number of nitrogens with zero attached hydrogens (tertiary/aromatic N) is 4. The van der Waals surface area contributed by atoms with E-state index in [4.69, 9.17) is 4.74 Å². The van der Waals surface area contributed by atoms with Gasteiger partial charge in [0.25, 0.3) is 0 Å². The van der Waals surface area contributed by atoms with Crippen LogP contribution in [0.1, 0.15) is 13.3 Å². The van der Waals surface area contributed by atoms with Gasteiger partial charge >= 0.3 is 0 Å². The fourth-order valence-electron chi connectivity index (χ4n) is 2.78. The summed E-state index contributed by atoms with van der Waals surface area (Å²) in [7, 11) is 3.51. The Hall–Kier alpha value is -1.55. The van der Waals surface area contributed by atoms with Crippen LogP contribution >= 0.6 is 24.0 Å². The second kappa shape index (κ2) is 13.6. The van der Waals surface area contributed by atoms with Crippen LogP contribution in [0.3, 0.4) is 0 Å². The SMILES string of the molecule is CCCNC(=NCC(=O)N(C)C)N1CCN(CCOc2ccccc2)CC1.I. The maximum absolute atomic E-state index is 11.8. The predicted octanol–water partition coefficient (Wildman–Crippen LogP) is 1.74. The highest BCUT2D eigenvalue weighted by atomic mass is 127. The van der Waals surface area contributed by atoms with Gasteiger partial charge in [-0.1, -0.05) is 25.1 Å². The lowest BCUT2D eigenvalue weighted by molar-refractivity contribution is -0.127. The molecule has 1 aromatic carbocycles. The Bertz CT molecular complexity index is 590. The van der Waals surface area contributed by atoms with Crippen molar-refractivity contribution in [2.24, 2.45) is 4.99 Å². The van der Waals surface area contributed by atoms with Crippen molar-refractivity contribution in [1.82, 2.24) is 20.0 Å². The lowest BCUT2D eigenvalue weighted by Crippen LogP contribution is -2.53. The number of nitrogens with one attached hydrogen (secondary N) is 1. The lowest BCUT2D eigenvalue weighted by Gasteiger charge is -2.36. The molecule has 0 aliphatic carbocycles. The van der Waals surface area contributed by atoms with Crippen molar-refractivity contribution in [1.29, 1.82) is 0 Å². The van der Waals surface area contributed by atoms with Crippen LogP contribution < -0.4 is 10.1 Å². The molecular weight excluding hydrogens is 469 g/mol.